The molecule has 2 N–H and O–H groups in total. The molecule has 0 spiro atoms. The van der Waals surface area contributed by atoms with E-state index in [4.69, 9.17) is 10.5 Å². The number of rotatable bonds is 3. The third-order valence-corrected chi connectivity index (χ3v) is 4.10. The maximum Gasteiger partial charge on any atom is 0.140 e. The van der Waals surface area contributed by atoms with Gasteiger partial charge in [-0.2, -0.15) is 0 Å². The molecule has 2 aromatic rings. The van der Waals surface area contributed by atoms with Crippen LogP contribution in [0.25, 0.3) is 0 Å². The third-order valence-electron chi connectivity index (χ3n) is 2.53. The van der Waals surface area contributed by atoms with Crippen molar-refractivity contribution in [2.24, 2.45) is 5.73 Å². The van der Waals surface area contributed by atoms with Crippen LogP contribution in [0.15, 0.2) is 46.9 Å². The maximum absolute atomic E-state index is 5.87. The van der Waals surface area contributed by atoms with Gasteiger partial charge >= 0.3 is 0 Å². The average Bonchev–Trinajstić information content (AvgIpc) is 2.32. The molecule has 0 bridgehead atoms. The van der Waals surface area contributed by atoms with Crippen molar-refractivity contribution in [2.45, 2.75) is 13.0 Å². The number of para-hydroxylation sites is 1. The molecule has 0 aromatic heterocycles. The van der Waals surface area contributed by atoms with Crippen molar-refractivity contribution in [2.75, 3.05) is 0 Å². The first-order chi connectivity index (χ1) is 8.58. The van der Waals surface area contributed by atoms with Gasteiger partial charge in [-0.15, -0.1) is 0 Å². The van der Waals surface area contributed by atoms with E-state index in [1.807, 2.05) is 49.4 Å². The average molecular weight is 418 g/mol. The molecule has 2 nitrogen and oxygen atoms in total. The van der Waals surface area contributed by atoms with Crippen LogP contribution in [0, 0.1) is 3.57 Å². The van der Waals surface area contributed by atoms with Crippen LogP contribution >= 0.6 is 38.5 Å². The van der Waals surface area contributed by atoms with E-state index in [0.717, 1.165) is 25.1 Å². The zero-order chi connectivity index (χ0) is 13.1. The third kappa shape index (κ3) is 3.24. The molecule has 0 unspecified atom stereocenters. The highest BCUT2D eigenvalue weighted by Gasteiger charge is 2.07. The molecule has 0 heterocycles. The van der Waals surface area contributed by atoms with Crippen LogP contribution in [0.1, 0.15) is 18.5 Å². The summed E-state index contributed by atoms with van der Waals surface area (Å²) in [6, 6.07) is 13.8. The Morgan fingerprint density at radius 2 is 1.94 bits per heavy atom. The fourth-order valence-electron chi connectivity index (χ4n) is 1.60. The van der Waals surface area contributed by atoms with Gasteiger partial charge in [-0.25, -0.2) is 0 Å². The summed E-state index contributed by atoms with van der Waals surface area (Å²) < 4.78 is 7.91. The van der Waals surface area contributed by atoms with Crippen molar-refractivity contribution in [3.8, 4) is 11.5 Å². The van der Waals surface area contributed by atoms with E-state index in [2.05, 4.69) is 38.5 Å². The van der Waals surface area contributed by atoms with Crippen molar-refractivity contribution in [1.29, 1.82) is 0 Å². The predicted octanol–water partition coefficient (Wildman–Crippen LogP) is 4.87. The highest BCUT2D eigenvalue weighted by molar-refractivity contribution is 14.1. The fraction of sp³-hybridized carbons (Fsp3) is 0.143. The number of hydrogen-bond donors (Lipinski definition) is 1. The minimum Gasteiger partial charge on any atom is -0.456 e. The topological polar surface area (TPSA) is 35.2 Å². The summed E-state index contributed by atoms with van der Waals surface area (Å²) in [6.07, 6.45) is 0. The first-order valence-corrected chi connectivity index (χ1v) is 7.42. The summed E-state index contributed by atoms with van der Waals surface area (Å²) in [7, 11) is 0. The predicted molar refractivity (Wildman–Crippen MR) is 86.0 cm³/mol. The molecule has 2 aromatic carbocycles. The van der Waals surface area contributed by atoms with E-state index in [-0.39, 0.29) is 6.04 Å². The summed E-state index contributed by atoms with van der Waals surface area (Å²) in [5, 5.41) is 0. The lowest BCUT2D eigenvalue weighted by Crippen LogP contribution is -2.05. The number of halogens is 2. The molecule has 2 rings (SSSR count). The van der Waals surface area contributed by atoms with E-state index in [1.165, 1.54) is 0 Å². The Morgan fingerprint density at radius 1 is 1.22 bits per heavy atom. The van der Waals surface area contributed by atoms with E-state index in [9.17, 15) is 0 Å². The molecule has 1 atom stereocenters. The zero-order valence-corrected chi connectivity index (χ0v) is 13.6. The SMILES string of the molecule is C[C@H](N)c1ccc(Oc2ccccc2I)cc1Br. The molecule has 94 valence electrons. The van der Waals surface area contributed by atoms with Crippen LogP contribution < -0.4 is 10.5 Å². The van der Waals surface area contributed by atoms with Crippen molar-refractivity contribution < 1.29 is 4.74 Å². The standard InChI is InChI=1S/C14H13BrINO/c1-9(17)11-7-6-10(8-12(11)15)18-14-5-3-2-4-13(14)16/h2-9H,17H2,1H3/t9-/m0/s1. The van der Waals surface area contributed by atoms with Gasteiger partial charge in [-0.1, -0.05) is 34.1 Å². The lowest BCUT2D eigenvalue weighted by molar-refractivity contribution is 0.478. The Bertz CT molecular complexity index is 557. The Kier molecular flexibility index (Phi) is 4.64. The fourth-order valence-corrected chi connectivity index (χ4v) is 2.81. The van der Waals surface area contributed by atoms with Gasteiger partial charge in [0.1, 0.15) is 11.5 Å². The van der Waals surface area contributed by atoms with Gasteiger partial charge in [-0.05, 0) is 59.3 Å². The van der Waals surface area contributed by atoms with Gasteiger partial charge in [0.15, 0.2) is 0 Å². The molecular weight excluding hydrogens is 405 g/mol. The Morgan fingerprint density at radius 3 is 2.56 bits per heavy atom. The van der Waals surface area contributed by atoms with Gasteiger partial charge < -0.3 is 10.5 Å². The minimum absolute atomic E-state index is 0.00489. The molecule has 0 aliphatic carbocycles. The van der Waals surface area contributed by atoms with Gasteiger partial charge in [0.05, 0.1) is 3.57 Å². The summed E-state index contributed by atoms with van der Waals surface area (Å²) in [6.45, 7) is 1.96. The Labute approximate surface area is 129 Å². The van der Waals surface area contributed by atoms with Crippen LogP contribution in [0.2, 0.25) is 0 Å². The van der Waals surface area contributed by atoms with Crippen LogP contribution in [-0.2, 0) is 0 Å². The number of ether oxygens (including phenoxy) is 1. The largest absolute Gasteiger partial charge is 0.456 e. The van der Waals surface area contributed by atoms with Crippen LogP contribution in [0.4, 0.5) is 0 Å². The Balaban J connectivity index is 2.26. The lowest BCUT2D eigenvalue weighted by Gasteiger charge is -2.12. The Hall–Kier alpha value is -0.590. The van der Waals surface area contributed by atoms with Crippen molar-refractivity contribution in [3.63, 3.8) is 0 Å². The van der Waals surface area contributed by atoms with Gasteiger partial charge in [0.2, 0.25) is 0 Å². The highest BCUT2D eigenvalue weighted by atomic mass is 127. The molecule has 0 amide bonds. The van der Waals surface area contributed by atoms with Crippen LogP contribution in [0.3, 0.4) is 0 Å². The lowest BCUT2D eigenvalue weighted by atomic mass is 10.1. The minimum atomic E-state index is 0.00489. The first-order valence-electron chi connectivity index (χ1n) is 5.55. The van der Waals surface area contributed by atoms with Gasteiger partial charge in [0, 0.05) is 10.5 Å². The van der Waals surface area contributed by atoms with Crippen molar-refractivity contribution in [1.82, 2.24) is 0 Å². The maximum atomic E-state index is 5.87. The molecular formula is C14H13BrINO. The number of benzene rings is 2. The molecule has 4 heteroatoms. The summed E-state index contributed by atoms with van der Waals surface area (Å²) in [4.78, 5) is 0. The smallest absolute Gasteiger partial charge is 0.140 e. The number of nitrogens with two attached hydrogens (primary N) is 1. The second kappa shape index (κ2) is 6.04. The molecule has 0 saturated carbocycles. The quantitative estimate of drug-likeness (QED) is 0.723. The molecule has 0 aliphatic rings. The second-order valence-electron chi connectivity index (χ2n) is 4.00. The van der Waals surface area contributed by atoms with Crippen molar-refractivity contribution in [3.05, 3.63) is 56.1 Å². The van der Waals surface area contributed by atoms with Crippen molar-refractivity contribution >= 4 is 38.5 Å². The molecule has 0 radical (unpaired) electrons. The van der Waals surface area contributed by atoms with E-state index < -0.39 is 0 Å². The first kappa shape index (κ1) is 13.8. The van der Waals surface area contributed by atoms with E-state index >= 15 is 0 Å². The monoisotopic (exact) mass is 417 g/mol. The molecule has 18 heavy (non-hydrogen) atoms. The summed E-state index contributed by atoms with van der Waals surface area (Å²) in [5.74, 6) is 1.66. The van der Waals surface area contributed by atoms with Gasteiger partial charge in [-0.3, -0.25) is 0 Å². The van der Waals surface area contributed by atoms with Gasteiger partial charge in [0.25, 0.3) is 0 Å². The molecule has 0 saturated heterocycles. The highest BCUT2D eigenvalue weighted by Crippen LogP contribution is 2.31. The van der Waals surface area contributed by atoms with Crippen LogP contribution in [-0.4, -0.2) is 0 Å². The zero-order valence-electron chi connectivity index (χ0n) is 9.86. The number of hydrogen-bond acceptors (Lipinski definition) is 2. The normalized spacial score (nSPS) is 12.2. The molecule has 0 aliphatic heterocycles. The van der Waals surface area contributed by atoms with E-state index in [0.29, 0.717) is 0 Å². The van der Waals surface area contributed by atoms with Crippen LogP contribution in [0.5, 0.6) is 11.5 Å². The summed E-state index contributed by atoms with van der Waals surface area (Å²) >= 11 is 5.77. The summed E-state index contributed by atoms with van der Waals surface area (Å²) in [5.41, 5.74) is 6.94. The second-order valence-corrected chi connectivity index (χ2v) is 6.02. The van der Waals surface area contributed by atoms with E-state index in [1.54, 1.807) is 0 Å². The molecule has 0 fully saturated rings.